The van der Waals surface area contributed by atoms with Crippen LogP contribution in [0.25, 0.3) is 0 Å². The summed E-state index contributed by atoms with van der Waals surface area (Å²) in [6.07, 6.45) is 1.56. The van der Waals surface area contributed by atoms with E-state index < -0.39 is 22.2 Å². The van der Waals surface area contributed by atoms with Gasteiger partial charge in [0.2, 0.25) is 0 Å². The minimum atomic E-state index is -3.92. The lowest BCUT2D eigenvalue weighted by Gasteiger charge is -2.36. The van der Waals surface area contributed by atoms with E-state index in [4.69, 9.17) is 0 Å². The molecule has 0 aliphatic carbocycles. The van der Waals surface area contributed by atoms with E-state index in [0.29, 0.717) is 30.9 Å². The Morgan fingerprint density at radius 3 is 2.21 bits per heavy atom. The first-order valence-corrected chi connectivity index (χ1v) is 15.1. The van der Waals surface area contributed by atoms with Crippen LogP contribution in [0.2, 0.25) is 0 Å². The summed E-state index contributed by atoms with van der Waals surface area (Å²) in [5, 5.41) is 12.2. The normalized spacial score (nSPS) is 14.6. The molecule has 4 rings (SSSR count). The number of carbonyl (C=O) groups is 2. The molecule has 11 heteroatoms. The Kier molecular flexibility index (Phi) is 9.96. The van der Waals surface area contributed by atoms with Crippen LogP contribution in [0.5, 0.6) is 0 Å². The summed E-state index contributed by atoms with van der Waals surface area (Å²) in [6.45, 7) is 7.17. The maximum absolute atomic E-state index is 12.7. The molecular formula is C31H35N5O5S. The van der Waals surface area contributed by atoms with Gasteiger partial charge in [-0.3, -0.25) is 14.6 Å². The van der Waals surface area contributed by atoms with Crippen molar-refractivity contribution in [1.29, 1.82) is 0 Å². The van der Waals surface area contributed by atoms with Crippen LogP contribution in [-0.4, -0.2) is 66.9 Å². The van der Waals surface area contributed by atoms with Gasteiger partial charge in [-0.2, -0.15) is 17.4 Å². The van der Waals surface area contributed by atoms with Gasteiger partial charge in [-0.1, -0.05) is 55.5 Å². The fraction of sp³-hybridized carbons (Fsp3) is 0.323. The molecule has 1 amide bonds. The second kappa shape index (κ2) is 13.6. The van der Waals surface area contributed by atoms with E-state index >= 15 is 0 Å². The zero-order valence-corrected chi connectivity index (χ0v) is 24.7. The zero-order chi connectivity index (χ0) is 30.3. The molecule has 2 heterocycles. The molecule has 1 saturated heterocycles. The third-order valence-electron chi connectivity index (χ3n) is 6.94. The molecule has 1 fully saturated rings. The van der Waals surface area contributed by atoms with Crippen molar-refractivity contribution < 1.29 is 23.1 Å². The molecule has 0 radical (unpaired) electrons. The van der Waals surface area contributed by atoms with Crippen LogP contribution in [-0.2, 0) is 21.5 Å². The van der Waals surface area contributed by atoms with Gasteiger partial charge in [0.15, 0.2) is 0 Å². The number of piperazine rings is 1. The van der Waals surface area contributed by atoms with Crippen LogP contribution in [0.4, 0.5) is 5.69 Å². The summed E-state index contributed by atoms with van der Waals surface area (Å²) in [5.74, 6) is 4.35. The number of nitrogens with zero attached hydrogens (tertiary/aromatic N) is 3. The maximum Gasteiger partial charge on any atom is 0.322 e. The number of hydrogen-bond acceptors (Lipinski definition) is 6. The average Bonchev–Trinajstić information content (AvgIpc) is 2.98. The molecule has 0 unspecified atom stereocenters. The number of pyridine rings is 1. The molecule has 1 aliphatic rings. The number of carbonyl (C=O) groups excluding carboxylic acids is 1. The van der Waals surface area contributed by atoms with E-state index in [0.717, 1.165) is 22.4 Å². The Labute approximate surface area is 247 Å². The van der Waals surface area contributed by atoms with Gasteiger partial charge in [0.25, 0.3) is 16.1 Å². The van der Waals surface area contributed by atoms with Crippen LogP contribution < -0.4 is 14.9 Å². The Morgan fingerprint density at radius 2 is 1.60 bits per heavy atom. The van der Waals surface area contributed by atoms with E-state index in [1.54, 1.807) is 32.2 Å². The molecule has 10 nitrogen and oxygen atoms in total. The number of aliphatic carboxylic acids is 1. The second-order valence-corrected chi connectivity index (χ2v) is 12.2. The van der Waals surface area contributed by atoms with Gasteiger partial charge in [0.05, 0.1) is 0 Å². The highest BCUT2D eigenvalue weighted by atomic mass is 32.2. The van der Waals surface area contributed by atoms with Crippen molar-refractivity contribution in [3.8, 4) is 11.8 Å². The average molecular weight is 590 g/mol. The predicted octanol–water partition coefficient (Wildman–Crippen LogP) is 2.79. The fourth-order valence-electron chi connectivity index (χ4n) is 4.40. The van der Waals surface area contributed by atoms with Crippen LogP contribution in [0.15, 0.2) is 66.9 Å². The van der Waals surface area contributed by atoms with E-state index in [-0.39, 0.29) is 24.9 Å². The molecule has 0 spiro atoms. The number of aromatic nitrogens is 1. The standard InChI is InChI=1S/C31H35N5O5S/c1-22(2)29(31(38)39)34-42(40,41)36-18-16-35(17-19-36)27-12-10-24(11-13-27)8-9-25-14-15-32-28(20-25)30(37)33-21-26-6-4-23(3)5-7-26/h4-7,10-15,20,22,29,34H,16-19,21H2,1-3H3,(H,33,37)(H,38,39)/t29-/m1/s1. The Hall–Kier alpha value is -4.24. The number of carboxylic acids is 1. The summed E-state index contributed by atoms with van der Waals surface area (Å²) < 4.78 is 29.1. The van der Waals surface area contributed by atoms with E-state index in [9.17, 15) is 23.1 Å². The number of amides is 1. The minimum absolute atomic E-state index is 0.240. The van der Waals surface area contributed by atoms with Gasteiger partial charge in [-0.15, -0.1) is 0 Å². The summed E-state index contributed by atoms with van der Waals surface area (Å²) in [7, 11) is -3.92. The summed E-state index contributed by atoms with van der Waals surface area (Å²) >= 11 is 0. The molecular weight excluding hydrogens is 554 g/mol. The van der Waals surface area contributed by atoms with E-state index in [1.165, 1.54) is 4.31 Å². The lowest BCUT2D eigenvalue weighted by atomic mass is 10.1. The summed E-state index contributed by atoms with van der Waals surface area (Å²) in [4.78, 5) is 30.3. The fourth-order valence-corrected chi connectivity index (χ4v) is 5.89. The van der Waals surface area contributed by atoms with E-state index in [1.807, 2.05) is 55.5 Å². The number of benzene rings is 2. The van der Waals surface area contributed by atoms with Gasteiger partial charge in [0.1, 0.15) is 11.7 Å². The van der Waals surface area contributed by atoms with Crippen LogP contribution in [0, 0.1) is 24.7 Å². The van der Waals surface area contributed by atoms with Crippen molar-refractivity contribution in [3.63, 3.8) is 0 Å². The number of aryl methyl sites for hydroxylation is 1. The van der Waals surface area contributed by atoms with Gasteiger partial charge < -0.3 is 15.3 Å². The van der Waals surface area contributed by atoms with Crippen LogP contribution in [0.3, 0.4) is 0 Å². The van der Waals surface area contributed by atoms with Crippen molar-refractivity contribution in [2.45, 2.75) is 33.4 Å². The molecule has 0 saturated carbocycles. The lowest BCUT2D eigenvalue weighted by Crippen LogP contribution is -2.55. The molecule has 1 atom stereocenters. The molecule has 0 bridgehead atoms. The Morgan fingerprint density at radius 1 is 0.952 bits per heavy atom. The quantitative estimate of drug-likeness (QED) is 0.327. The highest BCUT2D eigenvalue weighted by Crippen LogP contribution is 2.19. The third-order valence-corrected chi connectivity index (χ3v) is 8.53. The smallest absolute Gasteiger partial charge is 0.322 e. The first kappa shape index (κ1) is 30.7. The van der Waals surface area contributed by atoms with Crippen molar-refractivity contribution in [2.75, 3.05) is 31.1 Å². The molecule has 220 valence electrons. The van der Waals surface area contributed by atoms with Crippen molar-refractivity contribution >= 4 is 27.8 Å². The number of carboxylic acid groups (broad SMARTS) is 1. The van der Waals surface area contributed by atoms with Gasteiger partial charge in [-0.25, -0.2) is 0 Å². The third kappa shape index (κ3) is 8.16. The summed E-state index contributed by atoms with van der Waals surface area (Å²) in [5.41, 5.74) is 4.86. The molecule has 42 heavy (non-hydrogen) atoms. The van der Waals surface area contributed by atoms with Crippen molar-refractivity contribution in [3.05, 3.63) is 94.8 Å². The summed E-state index contributed by atoms with van der Waals surface area (Å²) in [6, 6.07) is 17.8. The van der Waals surface area contributed by atoms with Crippen LogP contribution >= 0.6 is 0 Å². The number of hydrogen-bond donors (Lipinski definition) is 3. The number of rotatable bonds is 9. The molecule has 3 aromatic rings. The topological polar surface area (TPSA) is 132 Å². The predicted molar refractivity (Wildman–Crippen MR) is 161 cm³/mol. The Bertz CT molecular complexity index is 1570. The van der Waals surface area contributed by atoms with Crippen molar-refractivity contribution in [2.24, 2.45) is 5.92 Å². The van der Waals surface area contributed by atoms with E-state index in [2.05, 4.69) is 31.8 Å². The highest BCUT2D eigenvalue weighted by Gasteiger charge is 2.32. The zero-order valence-electron chi connectivity index (χ0n) is 23.9. The highest BCUT2D eigenvalue weighted by molar-refractivity contribution is 7.87. The second-order valence-electron chi connectivity index (χ2n) is 10.5. The van der Waals surface area contributed by atoms with Gasteiger partial charge in [0, 0.05) is 55.7 Å². The molecule has 1 aliphatic heterocycles. The van der Waals surface area contributed by atoms with Gasteiger partial charge in [-0.05, 0) is 54.8 Å². The minimum Gasteiger partial charge on any atom is -0.480 e. The van der Waals surface area contributed by atoms with Crippen molar-refractivity contribution in [1.82, 2.24) is 19.3 Å². The number of anilines is 1. The molecule has 2 aromatic carbocycles. The SMILES string of the molecule is Cc1ccc(CNC(=O)c2cc(C#Cc3ccc(N4CCN(S(=O)(=O)N[C@@H](C(=O)O)C(C)C)CC4)cc3)ccn2)cc1. The monoisotopic (exact) mass is 589 g/mol. The lowest BCUT2D eigenvalue weighted by molar-refractivity contribution is -0.140. The van der Waals surface area contributed by atoms with Crippen LogP contribution in [0.1, 0.15) is 46.6 Å². The maximum atomic E-state index is 12.7. The number of nitrogens with one attached hydrogen (secondary N) is 2. The molecule has 1 aromatic heterocycles. The largest absolute Gasteiger partial charge is 0.480 e. The molecule has 3 N–H and O–H groups in total. The first-order valence-electron chi connectivity index (χ1n) is 13.7. The van der Waals surface area contributed by atoms with Gasteiger partial charge >= 0.3 is 5.97 Å². The first-order chi connectivity index (χ1) is 20.0. The Balaban J connectivity index is 1.32.